The number of hydrogen-bond acceptors (Lipinski definition) is 15. The third-order valence-corrected chi connectivity index (χ3v) is 26.2. The van der Waals surface area contributed by atoms with Gasteiger partial charge < -0.3 is 52.1 Å². The minimum absolute atomic E-state index is 0.0324. The van der Waals surface area contributed by atoms with E-state index in [0.717, 1.165) is 171 Å². The lowest BCUT2D eigenvalue weighted by atomic mass is 9.53. The summed E-state index contributed by atoms with van der Waals surface area (Å²) in [6.07, 6.45) is 47.4. The van der Waals surface area contributed by atoms with Crippen molar-refractivity contribution in [3.8, 4) is 0 Å². The first kappa shape index (κ1) is 90.6. The van der Waals surface area contributed by atoms with Crippen molar-refractivity contribution in [2.45, 2.75) is 401 Å². The normalized spacial score (nSPS) is 37.9. The van der Waals surface area contributed by atoms with Gasteiger partial charge in [-0.3, -0.25) is 8.98 Å². The molecule has 0 aromatic heterocycles. The van der Waals surface area contributed by atoms with Gasteiger partial charge in [0, 0.05) is 70.1 Å². The molecule has 10 heterocycles. The van der Waals surface area contributed by atoms with E-state index in [1.807, 2.05) is 111 Å². The Hall–Kier alpha value is -1.02. The van der Waals surface area contributed by atoms with E-state index in [9.17, 15) is 13.2 Å². The van der Waals surface area contributed by atoms with Crippen LogP contribution in [0.5, 0.6) is 0 Å². The predicted molar refractivity (Wildman–Crippen MR) is 411 cm³/mol. The van der Waals surface area contributed by atoms with Gasteiger partial charge in [-0.25, -0.2) is 0 Å². The van der Waals surface area contributed by atoms with Crippen LogP contribution in [0, 0.1) is 65.1 Å². The summed E-state index contributed by atoms with van der Waals surface area (Å²) in [5.74, 6) is 8.19. The lowest BCUT2D eigenvalue weighted by Crippen LogP contribution is -2.60. The molecule has 0 radical (unpaired) electrons. The summed E-state index contributed by atoms with van der Waals surface area (Å²) in [6, 6.07) is 0. The highest BCUT2D eigenvalue weighted by Gasteiger charge is 2.61. The number of ether oxygens (including phenoxy) is 11. The molecule has 21 rings (SSSR count). The molecule has 15 nitrogen and oxygen atoms in total. The summed E-state index contributed by atoms with van der Waals surface area (Å²) in [6.45, 7) is 42.5. The van der Waals surface area contributed by atoms with E-state index < -0.39 is 10.1 Å². The van der Waals surface area contributed by atoms with E-state index in [1.54, 1.807) is 0 Å². The van der Waals surface area contributed by atoms with Crippen LogP contribution >= 0.6 is 0 Å². The molecule has 11 saturated carbocycles. The molecule has 21 aliphatic rings. The first-order valence-corrected chi connectivity index (χ1v) is 45.4. The Kier molecular flexibility index (Phi) is 44.1. The summed E-state index contributed by atoms with van der Waals surface area (Å²) in [5.41, 5.74) is 0.120. The average Bonchev–Trinajstić information content (AvgIpc) is 1.18. The largest absolute Gasteiger partial charge is 0.459 e. The second kappa shape index (κ2) is 49.2. The van der Waals surface area contributed by atoms with Crippen molar-refractivity contribution < 1.29 is 69.5 Å². The van der Waals surface area contributed by atoms with E-state index in [4.69, 9.17) is 56.3 Å². The van der Waals surface area contributed by atoms with E-state index in [1.165, 1.54) is 180 Å². The zero-order valence-corrected chi connectivity index (χ0v) is 69.0. The Morgan fingerprint density at radius 1 is 0.376 bits per heavy atom. The number of esters is 1. The van der Waals surface area contributed by atoms with Crippen molar-refractivity contribution >= 4 is 16.1 Å². The maximum Gasteiger partial charge on any atom is 0.312 e. The zero-order valence-electron chi connectivity index (χ0n) is 68.2. The lowest BCUT2D eigenvalue weighted by Gasteiger charge is -2.59. The molecule has 11 aliphatic carbocycles. The Balaban J connectivity index is 0.000000204. The molecule has 12 bridgehead atoms. The highest BCUT2D eigenvalue weighted by molar-refractivity contribution is 7.87. The van der Waals surface area contributed by atoms with Crippen molar-refractivity contribution in [1.82, 2.24) is 0 Å². The van der Waals surface area contributed by atoms with Gasteiger partial charge in [-0.1, -0.05) is 156 Å². The van der Waals surface area contributed by atoms with Crippen molar-refractivity contribution in [3.05, 3.63) is 0 Å². The van der Waals surface area contributed by atoms with Gasteiger partial charge in [0.05, 0.1) is 80.8 Å². The quantitative estimate of drug-likeness (QED) is 0.166. The van der Waals surface area contributed by atoms with Crippen LogP contribution in [-0.2, 0) is 71.2 Å². The van der Waals surface area contributed by atoms with Gasteiger partial charge in [0.1, 0.15) is 12.2 Å². The highest BCUT2D eigenvalue weighted by atomic mass is 32.2. The van der Waals surface area contributed by atoms with Crippen LogP contribution in [0.25, 0.3) is 0 Å². The maximum atomic E-state index is 11.3. The lowest BCUT2D eigenvalue weighted by molar-refractivity contribution is -0.331. The number of carbonyl (C=O) groups is 1. The summed E-state index contributed by atoms with van der Waals surface area (Å²) in [7, 11) is -3.13. The number of fused-ring (bicyclic) bond motifs is 5. The summed E-state index contributed by atoms with van der Waals surface area (Å²) >= 11 is 0. The number of rotatable bonds is 0. The smallest absolute Gasteiger partial charge is 0.312 e. The minimum atomic E-state index is -3.13. The fourth-order valence-corrected chi connectivity index (χ4v) is 22.2. The van der Waals surface area contributed by atoms with Gasteiger partial charge in [-0.2, -0.15) is 8.42 Å². The van der Waals surface area contributed by atoms with Crippen LogP contribution in [0.1, 0.15) is 342 Å². The van der Waals surface area contributed by atoms with Crippen LogP contribution in [0.15, 0.2) is 0 Å². The molecule has 21 fully saturated rings. The molecule has 10 saturated heterocycles. The fourth-order valence-electron chi connectivity index (χ4n) is 20.3. The van der Waals surface area contributed by atoms with Crippen molar-refractivity contribution in [3.63, 3.8) is 0 Å². The van der Waals surface area contributed by atoms with Crippen molar-refractivity contribution in [1.29, 1.82) is 0 Å². The molecule has 0 aromatic carbocycles. The van der Waals surface area contributed by atoms with Gasteiger partial charge in [0.2, 0.25) is 0 Å². The van der Waals surface area contributed by atoms with E-state index in [2.05, 4.69) is 0 Å². The first-order valence-electron chi connectivity index (χ1n) is 44.0. The summed E-state index contributed by atoms with van der Waals surface area (Å²) in [4.78, 5) is 11.0. The first-order chi connectivity index (χ1) is 49.6. The molecule has 3 spiro atoms. The maximum absolute atomic E-state index is 11.3. The highest BCUT2D eigenvalue weighted by Crippen LogP contribution is 2.61. The summed E-state index contributed by atoms with van der Waals surface area (Å²) < 4.78 is 90.0. The Labute approximate surface area is 621 Å². The SMILES string of the molecule is C1CC2COC(C1)C2.C1CCC2(CC1)COCCCO2.C1CCC2(CC1)OCCCCO2.C1CCCOCC1.C1CCOC2(OC1)C1CC3CC(C1)CC2C3.C1OC2CC3CC1C2C3.CC.CC.CC.CC.CC.CC.CC.CC.O=C1OC2CC3CC1C2O3.O=S1(=O)OC2CC3CC2C1C3. The molecule has 596 valence electrons. The van der Waals surface area contributed by atoms with Crippen LogP contribution < -0.4 is 0 Å². The molecular weight excluding hydrogens is 1290 g/mol. The van der Waals surface area contributed by atoms with E-state index in [-0.39, 0.29) is 52.6 Å². The van der Waals surface area contributed by atoms with Crippen molar-refractivity contribution in [2.24, 2.45) is 65.1 Å². The second-order valence-electron chi connectivity index (χ2n) is 30.4. The summed E-state index contributed by atoms with van der Waals surface area (Å²) in [5, 5.41) is -0.133. The molecular formula is C85H160O15S. The molecule has 14 unspecified atom stereocenters. The Bertz CT molecular complexity index is 2080. The monoisotopic (exact) mass is 1450 g/mol. The molecule has 0 N–H and O–H groups in total. The molecule has 10 aliphatic heterocycles. The fraction of sp³-hybridized carbons (Fsp3) is 0.988. The third kappa shape index (κ3) is 25.8. The Morgan fingerprint density at radius 3 is 1.40 bits per heavy atom. The van der Waals surface area contributed by atoms with Crippen LogP contribution in [-0.4, -0.2) is 146 Å². The van der Waals surface area contributed by atoms with Crippen LogP contribution in [0.2, 0.25) is 0 Å². The van der Waals surface area contributed by atoms with Gasteiger partial charge >= 0.3 is 5.97 Å². The number of hydrogen-bond donors (Lipinski definition) is 0. The zero-order chi connectivity index (χ0) is 73.7. The van der Waals surface area contributed by atoms with Gasteiger partial charge in [0.25, 0.3) is 10.1 Å². The molecule has 0 amide bonds. The molecule has 101 heavy (non-hydrogen) atoms. The topological polar surface area (TPSA) is 162 Å². The molecule has 14 atom stereocenters. The van der Waals surface area contributed by atoms with Gasteiger partial charge in [-0.05, 0) is 208 Å². The van der Waals surface area contributed by atoms with E-state index >= 15 is 0 Å². The van der Waals surface area contributed by atoms with Gasteiger partial charge in [-0.15, -0.1) is 0 Å². The minimum Gasteiger partial charge on any atom is -0.459 e. The molecule has 0 aromatic rings. The van der Waals surface area contributed by atoms with Crippen molar-refractivity contribution in [2.75, 3.05) is 72.7 Å². The predicted octanol–water partition coefficient (Wildman–Crippen LogP) is 21.0. The van der Waals surface area contributed by atoms with Crippen LogP contribution in [0.3, 0.4) is 0 Å². The third-order valence-electron chi connectivity index (χ3n) is 24.4. The second-order valence-corrected chi connectivity index (χ2v) is 32.1. The molecule has 16 heteroatoms. The van der Waals surface area contributed by atoms with E-state index in [0.29, 0.717) is 30.1 Å². The number of carbonyl (C=O) groups excluding carboxylic acids is 1. The van der Waals surface area contributed by atoms with Crippen LogP contribution in [0.4, 0.5) is 0 Å². The van der Waals surface area contributed by atoms with Gasteiger partial charge in [0.15, 0.2) is 11.6 Å². The Morgan fingerprint density at radius 2 is 0.891 bits per heavy atom. The standard InChI is InChI=1S/C14H22O2.2C10H18O2.C8H12O.C7H10O3S.C7H8O3.C7H12O.C6H12O.8C2H6/c1-2-4-16-14(15-3-1)12-6-10-5-11(8-12)9-13(14)7-10;1-2-6-10(7-3-1)11-8-4-5-9-12-10;1-2-5-10(6-3-1)9-11-7-4-8-12-10;1-5-2-7-6(1)4-9-8(7)3-5;8-11(9)7-3-4-1-5(7)6(2-4)10-11;8-7-4-1-3-2-5(10-7)6(4)9-3;1-2-6-4-7(3-1)8-5-6;1-2-4-6-7-5-3-1;8*1-2/h10-13H,1-9H2;2*1-9H2;5-8H,1-4H2;4-7H,1-3H2;3-6H,1-2H2;6-7H,1-5H2;1-6H2;8*1-2H3. The average molecular weight is 1450 g/mol.